The third-order valence-electron chi connectivity index (χ3n) is 5.89. The number of carbonyl (C=O) groups excluding carboxylic acids is 3. The highest BCUT2D eigenvalue weighted by Crippen LogP contribution is 2.21. The lowest BCUT2D eigenvalue weighted by Gasteiger charge is -2.21. The van der Waals surface area contributed by atoms with Crippen molar-refractivity contribution in [2.24, 2.45) is 0 Å². The van der Waals surface area contributed by atoms with Gasteiger partial charge in [0.15, 0.2) is 5.78 Å². The molecule has 0 aliphatic heterocycles. The molecule has 0 aromatic heterocycles. The molecule has 0 bridgehead atoms. The fourth-order valence-corrected chi connectivity index (χ4v) is 3.58. The zero-order chi connectivity index (χ0) is 24.7. The number of aryl methyl sites for hydroxylation is 1. The molecule has 2 aromatic carbocycles. The Morgan fingerprint density at radius 2 is 1.62 bits per heavy atom. The number of benzene rings is 2. The maximum absolute atomic E-state index is 12.7. The molecule has 1 saturated carbocycles. The molecule has 3 rings (SSSR count). The first-order valence-corrected chi connectivity index (χ1v) is 11.8. The Kier molecular flexibility index (Phi) is 8.79. The molecule has 2 aromatic rings. The molecule has 1 fully saturated rings. The average Bonchev–Trinajstić information content (AvgIpc) is 3.66. The molecule has 0 unspecified atom stereocenters. The molecule has 0 heterocycles. The van der Waals surface area contributed by atoms with Crippen molar-refractivity contribution < 1.29 is 24.7 Å². The van der Waals surface area contributed by atoms with Crippen LogP contribution in [0.5, 0.6) is 0 Å². The van der Waals surface area contributed by atoms with Crippen molar-refractivity contribution >= 4 is 17.7 Å². The topological polar surface area (TPSA) is 119 Å². The molecule has 8 nitrogen and oxygen atoms in total. The van der Waals surface area contributed by atoms with Gasteiger partial charge in [-0.1, -0.05) is 43.3 Å². The molecule has 1 aliphatic carbocycles. The van der Waals surface area contributed by atoms with Crippen LogP contribution in [0.25, 0.3) is 11.1 Å². The molecule has 8 heteroatoms. The van der Waals surface area contributed by atoms with Crippen LogP contribution in [0.2, 0.25) is 0 Å². The first kappa shape index (κ1) is 25.4. The third-order valence-corrected chi connectivity index (χ3v) is 5.89. The number of hydrogen-bond donors (Lipinski definition) is 4. The number of hydroxylamine groups is 2. The van der Waals surface area contributed by atoms with Crippen molar-refractivity contribution in [3.8, 4) is 11.1 Å². The zero-order valence-electron chi connectivity index (χ0n) is 19.7. The van der Waals surface area contributed by atoms with Crippen LogP contribution in [-0.4, -0.2) is 57.8 Å². The van der Waals surface area contributed by atoms with Crippen molar-refractivity contribution in [1.82, 2.24) is 15.7 Å². The molecule has 34 heavy (non-hydrogen) atoms. The maximum Gasteiger partial charge on any atom is 0.341 e. The van der Waals surface area contributed by atoms with Gasteiger partial charge >= 0.3 is 6.03 Å². The minimum absolute atomic E-state index is 0.00366. The molecular weight excluding hydrogens is 434 g/mol. The van der Waals surface area contributed by atoms with Crippen LogP contribution >= 0.6 is 0 Å². The normalized spacial score (nSPS) is 14.7. The summed E-state index contributed by atoms with van der Waals surface area (Å²) < 4.78 is 0. The van der Waals surface area contributed by atoms with Crippen LogP contribution in [0, 0.1) is 0 Å². The summed E-state index contributed by atoms with van der Waals surface area (Å²) in [6.45, 7) is 3.52. The summed E-state index contributed by atoms with van der Waals surface area (Å²) in [5, 5.41) is 25.6. The van der Waals surface area contributed by atoms with E-state index in [0.29, 0.717) is 10.6 Å². The first-order chi connectivity index (χ1) is 16.3. The smallest absolute Gasteiger partial charge is 0.341 e. The maximum atomic E-state index is 12.7. The minimum atomic E-state index is -1.09. The van der Waals surface area contributed by atoms with Gasteiger partial charge in [-0.3, -0.25) is 14.8 Å². The Hall–Kier alpha value is -3.23. The van der Waals surface area contributed by atoms with Gasteiger partial charge in [0.05, 0.1) is 12.6 Å². The van der Waals surface area contributed by atoms with Crippen LogP contribution in [0.1, 0.15) is 55.5 Å². The molecule has 3 amide bonds. The number of ketones is 1. The SMILES string of the molecule is CCc1ccc(-c2ccc(C(=O)N[C@H](C(=O)CCCN(O)C(=O)NC3CC3)[C@@H](C)O)cc2)cc1. The molecule has 4 N–H and O–H groups in total. The van der Waals surface area contributed by atoms with E-state index in [9.17, 15) is 24.7 Å². The van der Waals surface area contributed by atoms with Gasteiger partial charge in [0.25, 0.3) is 5.91 Å². The Bertz CT molecular complexity index is 985. The molecule has 1 aliphatic rings. The van der Waals surface area contributed by atoms with E-state index in [-0.39, 0.29) is 31.2 Å². The second-order valence-corrected chi connectivity index (χ2v) is 8.74. The summed E-state index contributed by atoms with van der Waals surface area (Å²) in [6.07, 6.45) is 1.90. The Morgan fingerprint density at radius 3 is 2.15 bits per heavy atom. The Morgan fingerprint density at radius 1 is 1.03 bits per heavy atom. The number of nitrogens with zero attached hydrogens (tertiary/aromatic N) is 1. The van der Waals surface area contributed by atoms with E-state index in [1.165, 1.54) is 12.5 Å². The lowest BCUT2D eigenvalue weighted by Crippen LogP contribution is -2.48. The van der Waals surface area contributed by atoms with Gasteiger partial charge in [-0.05, 0) is 61.4 Å². The van der Waals surface area contributed by atoms with E-state index in [1.54, 1.807) is 12.1 Å². The van der Waals surface area contributed by atoms with Crippen LogP contribution in [-0.2, 0) is 11.2 Å². The molecule has 0 saturated heterocycles. The highest BCUT2D eigenvalue weighted by atomic mass is 16.5. The number of nitrogens with one attached hydrogen (secondary N) is 2. The fraction of sp³-hybridized carbons (Fsp3) is 0.423. The monoisotopic (exact) mass is 467 g/mol. The van der Waals surface area contributed by atoms with Crippen LogP contribution in [0.3, 0.4) is 0 Å². The number of amides is 3. The predicted octanol–water partition coefficient (Wildman–Crippen LogP) is 3.31. The Balaban J connectivity index is 1.52. The minimum Gasteiger partial charge on any atom is -0.391 e. The standard InChI is InChI=1S/C26H33N3O5/c1-3-18-6-8-19(9-7-18)20-10-12-21(13-11-20)25(32)28-24(17(2)30)23(31)5-4-16-29(34)26(33)27-22-14-15-22/h6-13,17,22,24,30,34H,3-5,14-16H2,1-2H3,(H,27,33)(H,28,32)/t17-,24+/m1/s1. The van der Waals surface area contributed by atoms with Gasteiger partial charge < -0.3 is 15.7 Å². The molecule has 0 spiro atoms. The van der Waals surface area contributed by atoms with E-state index >= 15 is 0 Å². The van der Waals surface area contributed by atoms with Gasteiger partial charge in [-0.15, -0.1) is 0 Å². The van der Waals surface area contributed by atoms with E-state index < -0.39 is 24.1 Å². The summed E-state index contributed by atoms with van der Waals surface area (Å²) in [7, 11) is 0. The summed E-state index contributed by atoms with van der Waals surface area (Å²) in [4.78, 5) is 37.0. The molecular formula is C26H33N3O5. The van der Waals surface area contributed by atoms with Crippen LogP contribution in [0.15, 0.2) is 48.5 Å². The van der Waals surface area contributed by atoms with Crippen molar-refractivity contribution in [2.75, 3.05) is 6.54 Å². The number of hydrogen-bond acceptors (Lipinski definition) is 5. The lowest BCUT2D eigenvalue weighted by molar-refractivity contribution is -0.123. The Labute approximate surface area is 199 Å². The number of aliphatic hydroxyl groups excluding tert-OH is 1. The second kappa shape index (κ2) is 11.8. The van der Waals surface area contributed by atoms with Gasteiger partial charge in [0, 0.05) is 18.0 Å². The number of carbonyl (C=O) groups is 3. The van der Waals surface area contributed by atoms with E-state index in [1.807, 2.05) is 24.3 Å². The number of Topliss-reactive ketones (excluding diaryl/α,β-unsaturated/α-hetero) is 1. The van der Waals surface area contributed by atoms with Crippen molar-refractivity contribution in [2.45, 2.75) is 64.1 Å². The lowest BCUT2D eigenvalue weighted by atomic mass is 10.0. The summed E-state index contributed by atoms with van der Waals surface area (Å²) >= 11 is 0. The van der Waals surface area contributed by atoms with Crippen molar-refractivity contribution in [3.05, 3.63) is 59.7 Å². The van der Waals surface area contributed by atoms with Gasteiger partial charge in [0.1, 0.15) is 6.04 Å². The van der Waals surface area contributed by atoms with Crippen LogP contribution < -0.4 is 10.6 Å². The summed E-state index contributed by atoms with van der Waals surface area (Å²) in [6, 6.07) is 13.7. The van der Waals surface area contributed by atoms with Gasteiger partial charge in [-0.25, -0.2) is 9.86 Å². The highest BCUT2D eigenvalue weighted by Gasteiger charge is 2.27. The van der Waals surface area contributed by atoms with E-state index in [2.05, 4.69) is 29.7 Å². The number of aliphatic hydroxyl groups is 1. The molecule has 0 radical (unpaired) electrons. The van der Waals surface area contributed by atoms with Crippen molar-refractivity contribution in [3.63, 3.8) is 0 Å². The highest BCUT2D eigenvalue weighted by molar-refractivity contribution is 5.98. The van der Waals surface area contributed by atoms with E-state index in [0.717, 1.165) is 30.4 Å². The van der Waals surface area contributed by atoms with Crippen LogP contribution in [0.4, 0.5) is 4.79 Å². The largest absolute Gasteiger partial charge is 0.391 e. The van der Waals surface area contributed by atoms with Gasteiger partial charge in [0.2, 0.25) is 0 Å². The fourth-order valence-electron chi connectivity index (χ4n) is 3.58. The summed E-state index contributed by atoms with van der Waals surface area (Å²) in [5.74, 6) is -0.827. The van der Waals surface area contributed by atoms with E-state index in [4.69, 9.17) is 0 Å². The van der Waals surface area contributed by atoms with Crippen molar-refractivity contribution in [1.29, 1.82) is 0 Å². The number of urea groups is 1. The average molecular weight is 468 g/mol. The second-order valence-electron chi connectivity index (χ2n) is 8.74. The first-order valence-electron chi connectivity index (χ1n) is 11.8. The van der Waals surface area contributed by atoms with Gasteiger partial charge in [-0.2, -0.15) is 0 Å². The quantitative estimate of drug-likeness (QED) is 0.299. The summed E-state index contributed by atoms with van der Waals surface area (Å²) in [5.41, 5.74) is 3.65. The third kappa shape index (κ3) is 7.13. The molecule has 2 atom stereocenters. The zero-order valence-corrected chi connectivity index (χ0v) is 19.7. The molecule has 182 valence electrons. The number of rotatable bonds is 11. The predicted molar refractivity (Wildman–Crippen MR) is 128 cm³/mol.